The molecule has 1 heterocycles. The Balaban J connectivity index is 2.35. The van der Waals surface area contributed by atoms with Gasteiger partial charge in [0.05, 0.1) is 0 Å². The number of piperidine rings is 1. The fourth-order valence-electron chi connectivity index (χ4n) is 1.89. The van der Waals surface area contributed by atoms with Gasteiger partial charge in [-0.3, -0.25) is 0 Å². The van der Waals surface area contributed by atoms with Crippen LogP contribution < -0.4 is 0 Å². The predicted molar refractivity (Wildman–Crippen MR) is 71.6 cm³/mol. The van der Waals surface area contributed by atoms with Crippen LogP contribution in [0.25, 0.3) is 0 Å². The van der Waals surface area contributed by atoms with E-state index < -0.39 is 5.60 Å². The van der Waals surface area contributed by atoms with E-state index in [0.29, 0.717) is 0 Å². The Morgan fingerprint density at radius 2 is 1.94 bits per heavy atom. The van der Waals surface area contributed by atoms with Crippen LogP contribution in [0.1, 0.15) is 40.0 Å². The van der Waals surface area contributed by atoms with Gasteiger partial charge in [0, 0.05) is 26.8 Å². The second-order valence-electron chi connectivity index (χ2n) is 5.61. The van der Waals surface area contributed by atoms with Gasteiger partial charge in [-0.25, -0.2) is 4.79 Å². The fourth-order valence-corrected chi connectivity index (χ4v) is 1.89. The van der Waals surface area contributed by atoms with Crippen LogP contribution in [0.4, 0.5) is 4.79 Å². The normalized spacial score (nSPS) is 16.7. The molecule has 4 heteroatoms. The number of hydrogen-bond acceptors (Lipinski definition) is 3. The van der Waals surface area contributed by atoms with Crippen LogP contribution in [-0.2, 0) is 9.47 Å². The minimum atomic E-state index is -0.411. The molecule has 104 valence electrons. The highest BCUT2D eigenvalue weighted by atomic mass is 16.6. The van der Waals surface area contributed by atoms with Crippen molar-refractivity contribution in [3.8, 4) is 0 Å². The molecule has 1 amide bonds. The third-order valence-corrected chi connectivity index (χ3v) is 2.81. The van der Waals surface area contributed by atoms with Crippen LogP contribution in [0.15, 0.2) is 11.6 Å². The average Bonchev–Trinajstić information content (AvgIpc) is 2.28. The lowest BCUT2D eigenvalue weighted by Crippen LogP contribution is -2.40. The summed E-state index contributed by atoms with van der Waals surface area (Å²) < 4.78 is 10.4. The number of likely N-dealkylation sites (tertiary alicyclic amines) is 1. The zero-order valence-corrected chi connectivity index (χ0v) is 12.0. The second-order valence-corrected chi connectivity index (χ2v) is 5.61. The van der Waals surface area contributed by atoms with E-state index in [1.54, 1.807) is 12.0 Å². The lowest BCUT2D eigenvalue weighted by molar-refractivity contribution is 0.0236. The molecule has 0 N–H and O–H groups in total. The summed E-state index contributed by atoms with van der Waals surface area (Å²) >= 11 is 0. The van der Waals surface area contributed by atoms with Gasteiger partial charge in [-0.1, -0.05) is 11.6 Å². The first-order valence-corrected chi connectivity index (χ1v) is 6.57. The number of nitrogens with zero attached hydrogens (tertiary/aromatic N) is 1. The molecule has 1 rings (SSSR count). The molecule has 0 spiro atoms. The van der Waals surface area contributed by atoms with Crippen molar-refractivity contribution >= 4 is 6.09 Å². The molecular formula is C14H25NO3. The van der Waals surface area contributed by atoms with Crippen molar-refractivity contribution in [2.75, 3.05) is 26.8 Å². The molecule has 18 heavy (non-hydrogen) atoms. The van der Waals surface area contributed by atoms with Gasteiger partial charge in [-0.15, -0.1) is 0 Å². The second kappa shape index (κ2) is 6.78. The van der Waals surface area contributed by atoms with E-state index in [-0.39, 0.29) is 6.09 Å². The summed E-state index contributed by atoms with van der Waals surface area (Å²) in [5, 5.41) is 0. The highest BCUT2D eigenvalue weighted by Crippen LogP contribution is 2.19. The van der Waals surface area contributed by atoms with Gasteiger partial charge >= 0.3 is 6.09 Å². The van der Waals surface area contributed by atoms with Crippen molar-refractivity contribution < 1.29 is 14.3 Å². The largest absolute Gasteiger partial charge is 0.444 e. The molecular weight excluding hydrogens is 230 g/mol. The quantitative estimate of drug-likeness (QED) is 0.575. The maximum Gasteiger partial charge on any atom is 0.410 e. The number of carbonyl (C=O) groups is 1. The Morgan fingerprint density at radius 1 is 1.33 bits per heavy atom. The zero-order valence-electron chi connectivity index (χ0n) is 12.0. The molecule has 0 aromatic carbocycles. The molecule has 0 bridgehead atoms. The van der Waals surface area contributed by atoms with Gasteiger partial charge in [-0.2, -0.15) is 0 Å². The number of rotatable bonds is 3. The Kier molecular flexibility index (Phi) is 5.66. The molecule has 4 nitrogen and oxygen atoms in total. The zero-order chi connectivity index (χ0) is 13.6. The molecule has 1 fully saturated rings. The predicted octanol–water partition coefficient (Wildman–Crippen LogP) is 2.98. The smallest absolute Gasteiger partial charge is 0.410 e. The minimum Gasteiger partial charge on any atom is -0.444 e. The van der Waals surface area contributed by atoms with Crippen LogP contribution in [0.5, 0.6) is 0 Å². The van der Waals surface area contributed by atoms with E-state index >= 15 is 0 Å². The van der Waals surface area contributed by atoms with Crippen molar-refractivity contribution in [2.45, 2.75) is 45.6 Å². The third kappa shape index (κ3) is 5.54. The Bertz CT molecular complexity index is 295. The van der Waals surface area contributed by atoms with Crippen molar-refractivity contribution in [2.24, 2.45) is 0 Å². The molecule has 0 unspecified atom stereocenters. The Hall–Kier alpha value is -1.03. The number of ether oxygens (including phenoxy) is 2. The van der Waals surface area contributed by atoms with Crippen molar-refractivity contribution in [3.63, 3.8) is 0 Å². The summed E-state index contributed by atoms with van der Waals surface area (Å²) in [6, 6.07) is 0. The molecule has 0 radical (unpaired) electrons. The highest BCUT2D eigenvalue weighted by Gasteiger charge is 2.24. The molecule has 0 aliphatic carbocycles. The fraction of sp³-hybridized carbons (Fsp3) is 0.786. The molecule has 0 atom stereocenters. The number of hydrogen-bond donors (Lipinski definition) is 0. The first-order chi connectivity index (χ1) is 8.42. The Labute approximate surface area is 110 Å². The topological polar surface area (TPSA) is 38.8 Å². The summed E-state index contributed by atoms with van der Waals surface area (Å²) in [4.78, 5) is 13.6. The van der Waals surface area contributed by atoms with E-state index in [0.717, 1.165) is 39.0 Å². The maximum atomic E-state index is 11.8. The highest BCUT2D eigenvalue weighted by molar-refractivity contribution is 5.68. The lowest BCUT2D eigenvalue weighted by Gasteiger charge is -2.31. The lowest BCUT2D eigenvalue weighted by atomic mass is 10.0. The molecule has 1 aliphatic heterocycles. The van der Waals surface area contributed by atoms with Crippen LogP contribution in [0.2, 0.25) is 0 Å². The monoisotopic (exact) mass is 255 g/mol. The van der Waals surface area contributed by atoms with Crippen molar-refractivity contribution in [1.82, 2.24) is 4.90 Å². The maximum absolute atomic E-state index is 11.8. The van der Waals surface area contributed by atoms with Crippen LogP contribution in [-0.4, -0.2) is 43.4 Å². The number of methoxy groups -OCH3 is 1. The van der Waals surface area contributed by atoms with Crippen molar-refractivity contribution in [3.05, 3.63) is 11.6 Å². The van der Waals surface area contributed by atoms with Gasteiger partial charge in [0.2, 0.25) is 0 Å². The van der Waals surface area contributed by atoms with E-state index in [1.807, 2.05) is 20.8 Å². The van der Waals surface area contributed by atoms with E-state index in [1.165, 1.54) is 5.57 Å². The standard InChI is InChI=1S/C14H25NO3/c1-14(2,3)18-13(16)15-9-7-12(8-10-15)6-5-11-17-4/h6H,5,7-11H2,1-4H3. The van der Waals surface area contributed by atoms with E-state index in [9.17, 15) is 4.79 Å². The number of carbonyl (C=O) groups excluding carboxylic acids is 1. The summed E-state index contributed by atoms with van der Waals surface area (Å²) in [7, 11) is 1.71. The van der Waals surface area contributed by atoms with Crippen LogP contribution in [0, 0.1) is 0 Å². The molecule has 0 saturated carbocycles. The summed E-state index contributed by atoms with van der Waals surface area (Å²) in [6.45, 7) is 7.96. The van der Waals surface area contributed by atoms with Crippen LogP contribution in [0.3, 0.4) is 0 Å². The summed E-state index contributed by atoms with van der Waals surface area (Å²) in [6.07, 6.45) is 4.89. The van der Waals surface area contributed by atoms with Gasteiger partial charge in [0.15, 0.2) is 0 Å². The van der Waals surface area contributed by atoms with E-state index in [2.05, 4.69) is 6.08 Å². The first kappa shape index (κ1) is 15.0. The molecule has 0 aromatic rings. The molecule has 1 aliphatic rings. The van der Waals surface area contributed by atoms with Gasteiger partial charge in [0.1, 0.15) is 5.60 Å². The first-order valence-electron chi connectivity index (χ1n) is 6.57. The molecule has 1 saturated heterocycles. The summed E-state index contributed by atoms with van der Waals surface area (Å²) in [5.74, 6) is 0. The van der Waals surface area contributed by atoms with E-state index in [4.69, 9.17) is 9.47 Å². The van der Waals surface area contributed by atoms with Crippen molar-refractivity contribution in [1.29, 1.82) is 0 Å². The van der Waals surface area contributed by atoms with Gasteiger partial charge in [-0.05, 0) is 40.0 Å². The third-order valence-electron chi connectivity index (χ3n) is 2.81. The summed E-state index contributed by atoms with van der Waals surface area (Å²) in [5.41, 5.74) is 1.01. The average molecular weight is 255 g/mol. The number of amides is 1. The van der Waals surface area contributed by atoms with Crippen LogP contribution >= 0.6 is 0 Å². The minimum absolute atomic E-state index is 0.196. The molecule has 0 aromatic heterocycles. The van der Waals surface area contributed by atoms with Gasteiger partial charge in [0.25, 0.3) is 0 Å². The Morgan fingerprint density at radius 3 is 2.44 bits per heavy atom. The van der Waals surface area contributed by atoms with Gasteiger partial charge < -0.3 is 14.4 Å². The SMILES string of the molecule is COCCC=C1CCN(C(=O)OC(C)(C)C)CC1.